The quantitative estimate of drug-likeness (QED) is 0.875. The minimum Gasteiger partial charge on any atom is -0.497 e. The zero-order chi connectivity index (χ0) is 17.0. The molecule has 0 heterocycles. The minimum atomic E-state index is -3.74. The summed E-state index contributed by atoms with van der Waals surface area (Å²) in [7, 11) is -0.811. The maximum atomic E-state index is 12.6. The van der Waals surface area contributed by atoms with E-state index in [1.807, 2.05) is 12.1 Å². The van der Waals surface area contributed by atoms with E-state index < -0.39 is 10.0 Å². The van der Waals surface area contributed by atoms with Crippen LogP contribution in [0.1, 0.15) is 25.3 Å². The third kappa shape index (κ3) is 3.96. The van der Waals surface area contributed by atoms with Crippen molar-refractivity contribution in [1.82, 2.24) is 0 Å². The molecule has 0 aromatic heterocycles. The maximum absolute atomic E-state index is 12.6. The second kappa shape index (κ2) is 6.91. The van der Waals surface area contributed by atoms with Gasteiger partial charge in [-0.1, -0.05) is 26.0 Å². The number of rotatable bonds is 6. The summed E-state index contributed by atoms with van der Waals surface area (Å²) in [5.41, 5.74) is 1.65. The molecule has 23 heavy (non-hydrogen) atoms. The normalized spacial score (nSPS) is 11.3. The largest absolute Gasteiger partial charge is 0.497 e. The van der Waals surface area contributed by atoms with Gasteiger partial charge in [0.2, 0.25) is 0 Å². The first-order valence-corrected chi connectivity index (χ1v) is 8.70. The lowest BCUT2D eigenvalue weighted by Crippen LogP contribution is -2.14. The van der Waals surface area contributed by atoms with Crippen molar-refractivity contribution in [1.29, 1.82) is 0 Å². The van der Waals surface area contributed by atoms with Crippen LogP contribution >= 0.6 is 0 Å². The van der Waals surface area contributed by atoms with Gasteiger partial charge in [-0.3, -0.25) is 4.72 Å². The summed E-state index contributed by atoms with van der Waals surface area (Å²) >= 11 is 0. The molecule has 0 saturated carbocycles. The molecule has 0 atom stereocenters. The van der Waals surface area contributed by atoms with E-state index in [0.29, 0.717) is 17.4 Å². The fraction of sp³-hybridized carbons (Fsp3) is 0.294. The molecule has 2 aromatic carbocycles. The Morgan fingerprint density at radius 2 is 1.61 bits per heavy atom. The fourth-order valence-corrected chi connectivity index (χ4v) is 3.35. The molecule has 2 rings (SSSR count). The summed E-state index contributed by atoms with van der Waals surface area (Å²) < 4.78 is 37.9. The number of hydrogen-bond donors (Lipinski definition) is 1. The van der Waals surface area contributed by atoms with Crippen LogP contribution in [0.5, 0.6) is 11.5 Å². The number of benzene rings is 2. The summed E-state index contributed by atoms with van der Waals surface area (Å²) in [4.78, 5) is 0.0636. The van der Waals surface area contributed by atoms with Crippen LogP contribution in [0, 0.1) is 0 Å². The molecule has 0 saturated heterocycles. The first kappa shape index (κ1) is 17.1. The van der Waals surface area contributed by atoms with Crippen molar-refractivity contribution in [2.75, 3.05) is 18.9 Å². The van der Waals surface area contributed by atoms with Crippen LogP contribution in [-0.2, 0) is 10.0 Å². The van der Waals surface area contributed by atoms with Gasteiger partial charge in [0.15, 0.2) is 0 Å². The van der Waals surface area contributed by atoms with Gasteiger partial charge in [0, 0.05) is 11.8 Å². The van der Waals surface area contributed by atoms with Gasteiger partial charge in [0.25, 0.3) is 10.0 Å². The van der Waals surface area contributed by atoms with Gasteiger partial charge in [0.05, 0.1) is 14.2 Å². The number of hydrogen-bond acceptors (Lipinski definition) is 4. The average Bonchev–Trinajstić information content (AvgIpc) is 2.54. The van der Waals surface area contributed by atoms with Gasteiger partial charge in [-0.05, 0) is 35.7 Å². The molecule has 0 spiro atoms. The fourth-order valence-electron chi connectivity index (χ4n) is 2.14. The summed E-state index contributed by atoms with van der Waals surface area (Å²) in [6, 6.07) is 11.9. The molecule has 6 heteroatoms. The van der Waals surface area contributed by atoms with Crippen LogP contribution in [0.2, 0.25) is 0 Å². The van der Waals surface area contributed by atoms with Crippen LogP contribution in [0.4, 0.5) is 5.69 Å². The summed E-state index contributed by atoms with van der Waals surface area (Å²) in [6.45, 7) is 4.17. The number of sulfonamides is 1. The van der Waals surface area contributed by atoms with Crippen LogP contribution in [-0.4, -0.2) is 22.6 Å². The predicted molar refractivity (Wildman–Crippen MR) is 90.9 cm³/mol. The second-order valence-electron chi connectivity index (χ2n) is 5.40. The van der Waals surface area contributed by atoms with Crippen molar-refractivity contribution in [3.05, 3.63) is 48.0 Å². The zero-order valence-electron chi connectivity index (χ0n) is 13.7. The molecule has 0 aliphatic heterocycles. The number of ether oxygens (including phenoxy) is 2. The average molecular weight is 335 g/mol. The van der Waals surface area contributed by atoms with Crippen LogP contribution in [0.3, 0.4) is 0 Å². The number of anilines is 1. The van der Waals surface area contributed by atoms with E-state index in [-0.39, 0.29) is 10.6 Å². The molecule has 2 aromatic rings. The van der Waals surface area contributed by atoms with E-state index in [1.165, 1.54) is 26.4 Å². The van der Waals surface area contributed by atoms with Gasteiger partial charge in [-0.15, -0.1) is 0 Å². The van der Waals surface area contributed by atoms with E-state index in [1.54, 1.807) is 18.2 Å². The van der Waals surface area contributed by atoms with Gasteiger partial charge < -0.3 is 9.47 Å². The summed E-state index contributed by atoms with van der Waals surface area (Å²) in [6.07, 6.45) is 0. The molecule has 0 unspecified atom stereocenters. The van der Waals surface area contributed by atoms with Crippen LogP contribution in [0.25, 0.3) is 0 Å². The third-order valence-electron chi connectivity index (χ3n) is 3.49. The highest BCUT2D eigenvalue weighted by molar-refractivity contribution is 7.92. The smallest absolute Gasteiger partial charge is 0.265 e. The Bertz CT molecular complexity index is 768. The Kier molecular flexibility index (Phi) is 5.15. The zero-order valence-corrected chi connectivity index (χ0v) is 14.5. The van der Waals surface area contributed by atoms with E-state index in [4.69, 9.17) is 9.47 Å². The first-order valence-electron chi connectivity index (χ1n) is 7.22. The van der Waals surface area contributed by atoms with Crippen molar-refractivity contribution < 1.29 is 17.9 Å². The van der Waals surface area contributed by atoms with Gasteiger partial charge in [-0.2, -0.15) is 0 Å². The highest BCUT2D eigenvalue weighted by Gasteiger charge is 2.20. The first-order chi connectivity index (χ1) is 10.9. The molecule has 124 valence electrons. The highest BCUT2D eigenvalue weighted by Crippen LogP contribution is 2.30. The monoisotopic (exact) mass is 335 g/mol. The van der Waals surface area contributed by atoms with Crippen molar-refractivity contribution in [3.8, 4) is 11.5 Å². The van der Waals surface area contributed by atoms with Crippen molar-refractivity contribution in [3.63, 3.8) is 0 Å². The minimum absolute atomic E-state index is 0.0636. The van der Waals surface area contributed by atoms with E-state index in [9.17, 15) is 8.42 Å². The highest BCUT2D eigenvalue weighted by atomic mass is 32.2. The van der Waals surface area contributed by atoms with Gasteiger partial charge in [0.1, 0.15) is 16.4 Å². The van der Waals surface area contributed by atoms with Crippen molar-refractivity contribution in [2.45, 2.75) is 24.7 Å². The Hall–Kier alpha value is -2.21. The molecule has 0 aliphatic rings. The third-order valence-corrected chi connectivity index (χ3v) is 4.91. The molecule has 0 amide bonds. The SMILES string of the molecule is COc1ccc(S(=O)(=O)Nc2ccc(C(C)C)cc2)c(OC)c1. The lowest BCUT2D eigenvalue weighted by Gasteiger charge is -2.13. The van der Waals surface area contributed by atoms with E-state index in [0.717, 1.165) is 5.56 Å². The Labute approximate surface area is 137 Å². The van der Waals surface area contributed by atoms with Crippen molar-refractivity contribution >= 4 is 15.7 Å². The topological polar surface area (TPSA) is 64.6 Å². The molecule has 0 fully saturated rings. The summed E-state index contributed by atoms with van der Waals surface area (Å²) in [5.74, 6) is 1.15. The molecule has 1 N–H and O–H groups in total. The van der Waals surface area contributed by atoms with Gasteiger partial charge in [-0.25, -0.2) is 8.42 Å². The molecule has 0 bridgehead atoms. The van der Waals surface area contributed by atoms with Crippen LogP contribution in [0.15, 0.2) is 47.4 Å². The number of nitrogens with one attached hydrogen (secondary N) is 1. The van der Waals surface area contributed by atoms with E-state index >= 15 is 0 Å². The standard InChI is InChI=1S/C17H21NO4S/c1-12(2)13-5-7-14(8-6-13)18-23(19,20)17-10-9-15(21-3)11-16(17)22-4/h5-12,18H,1-4H3. The molecular weight excluding hydrogens is 314 g/mol. The van der Waals surface area contributed by atoms with Gasteiger partial charge >= 0.3 is 0 Å². The Balaban J connectivity index is 2.31. The lowest BCUT2D eigenvalue weighted by molar-refractivity contribution is 0.386. The lowest BCUT2D eigenvalue weighted by atomic mass is 10.0. The van der Waals surface area contributed by atoms with E-state index in [2.05, 4.69) is 18.6 Å². The van der Waals surface area contributed by atoms with Crippen molar-refractivity contribution in [2.24, 2.45) is 0 Å². The summed E-state index contributed by atoms with van der Waals surface area (Å²) in [5, 5.41) is 0. The molecule has 0 aliphatic carbocycles. The molecule has 0 radical (unpaired) electrons. The predicted octanol–water partition coefficient (Wildman–Crippen LogP) is 3.63. The maximum Gasteiger partial charge on any atom is 0.265 e. The molecular formula is C17H21NO4S. The molecule has 5 nitrogen and oxygen atoms in total. The Morgan fingerprint density at radius 3 is 2.13 bits per heavy atom. The number of methoxy groups -OCH3 is 2. The second-order valence-corrected chi connectivity index (χ2v) is 7.05. The Morgan fingerprint density at radius 1 is 0.957 bits per heavy atom. The van der Waals surface area contributed by atoms with Crippen LogP contribution < -0.4 is 14.2 Å².